The first kappa shape index (κ1) is 23.7. The van der Waals surface area contributed by atoms with E-state index in [1.165, 1.54) is 9.80 Å². The van der Waals surface area contributed by atoms with Crippen LogP contribution in [0, 0.1) is 5.92 Å². The second kappa shape index (κ2) is 8.74. The minimum absolute atomic E-state index is 0.0519. The van der Waals surface area contributed by atoms with Gasteiger partial charge in [-0.25, -0.2) is 4.98 Å². The molecular weight excluding hydrogens is 487 g/mol. The van der Waals surface area contributed by atoms with Crippen LogP contribution in [0.5, 0.6) is 5.75 Å². The number of para-hydroxylation sites is 1. The van der Waals surface area contributed by atoms with Gasteiger partial charge in [-0.15, -0.1) is 0 Å². The lowest BCUT2D eigenvalue weighted by Crippen LogP contribution is -2.47. The number of aromatic nitrogens is 3. The minimum atomic E-state index is -4.32. The Labute approximate surface area is 210 Å². The zero-order valence-corrected chi connectivity index (χ0v) is 20.0. The van der Waals surface area contributed by atoms with Crippen molar-refractivity contribution in [2.75, 3.05) is 24.5 Å². The molecule has 1 aromatic carbocycles. The largest absolute Gasteiger partial charge is 0.489 e. The van der Waals surface area contributed by atoms with Crippen LogP contribution in [-0.2, 0) is 15.0 Å². The van der Waals surface area contributed by atoms with E-state index in [-0.39, 0.29) is 38.1 Å². The number of halogens is 3. The van der Waals surface area contributed by atoms with Crippen LogP contribution in [0.2, 0.25) is 0 Å². The number of fused-ring (bicyclic) bond motifs is 3. The van der Waals surface area contributed by atoms with Crippen molar-refractivity contribution in [3.63, 3.8) is 0 Å². The normalized spacial score (nSPS) is 25.8. The SMILES string of the molecule is O=C(CN1C(=O)C2(CCC(Oc3cnc4[nH]ncc4c3)CC2)c2ccccc21)N1CCC(C(F)(F)F)C1. The smallest absolute Gasteiger partial charge is 0.393 e. The first-order valence-corrected chi connectivity index (χ1v) is 12.5. The summed E-state index contributed by atoms with van der Waals surface area (Å²) in [4.78, 5) is 33.8. The molecule has 8 nitrogen and oxygen atoms in total. The number of rotatable bonds is 4. The Morgan fingerprint density at radius 2 is 1.95 bits per heavy atom. The van der Waals surface area contributed by atoms with Gasteiger partial charge < -0.3 is 14.5 Å². The van der Waals surface area contributed by atoms with Crippen molar-refractivity contribution < 1.29 is 27.5 Å². The summed E-state index contributed by atoms with van der Waals surface area (Å²) in [6.07, 6.45) is 1.21. The quantitative estimate of drug-likeness (QED) is 0.570. The summed E-state index contributed by atoms with van der Waals surface area (Å²) >= 11 is 0. The van der Waals surface area contributed by atoms with Gasteiger partial charge in [0.05, 0.1) is 29.8 Å². The van der Waals surface area contributed by atoms with E-state index >= 15 is 0 Å². The van der Waals surface area contributed by atoms with E-state index in [4.69, 9.17) is 4.74 Å². The number of likely N-dealkylation sites (tertiary alicyclic amines) is 1. The number of H-pyrrole nitrogens is 1. The topological polar surface area (TPSA) is 91.4 Å². The van der Waals surface area contributed by atoms with Crippen LogP contribution in [0.3, 0.4) is 0 Å². The highest BCUT2D eigenvalue weighted by Crippen LogP contribution is 2.50. The first-order valence-electron chi connectivity index (χ1n) is 12.5. The summed E-state index contributed by atoms with van der Waals surface area (Å²) in [5.41, 5.74) is 1.47. The van der Waals surface area contributed by atoms with E-state index in [0.717, 1.165) is 10.9 Å². The number of pyridine rings is 1. The molecule has 37 heavy (non-hydrogen) atoms. The summed E-state index contributed by atoms with van der Waals surface area (Å²) in [6, 6.07) is 9.30. The van der Waals surface area contributed by atoms with Crippen molar-refractivity contribution in [3.8, 4) is 5.75 Å². The number of nitrogens with zero attached hydrogens (tertiary/aromatic N) is 4. The second-order valence-corrected chi connectivity index (χ2v) is 10.2. The van der Waals surface area contributed by atoms with Gasteiger partial charge in [0.2, 0.25) is 11.8 Å². The molecular formula is C26H26F3N5O3. The summed E-state index contributed by atoms with van der Waals surface area (Å²) in [6.45, 7) is -0.551. The van der Waals surface area contributed by atoms with Crippen LogP contribution >= 0.6 is 0 Å². The number of hydrogen-bond acceptors (Lipinski definition) is 5. The first-order chi connectivity index (χ1) is 17.7. The predicted octanol–water partition coefficient (Wildman–Crippen LogP) is 3.97. The van der Waals surface area contributed by atoms with Crippen molar-refractivity contribution in [1.29, 1.82) is 0 Å². The lowest BCUT2D eigenvalue weighted by atomic mass is 9.69. The number of aromatic amines is 1. The number of alkyl halides is 3. The maximum Gasteiger partial charge on any atom is 0.393 e. The van der Waals surface area contributed by atoms with E-state index in [9.17, 15) is 22.8 Å². The second-order valence-electron chi connectivity index (χ2n) is 10.2. The maximum absolute atomic E-state index is 13.8. The van der Waals surface area contributed by atoms with E-state index in [2.05, 4.69) is 15.2 Å². The van der Waals surface area contributed by atoms with Gasteiger partial charge >= 0.3 is 6.18 Å². The average Bonchev–Trinajstić information content (AvgIpc) is 3.61. The lowest BCUT2D eigenvalue weighted by molar-refractivity contribution is -0.171. The fourth-order valence-corrected chi connectivity index (χ4v) is 6.00. The zero-order valence-electron chi connectivity index (χ0n) is 20.0. The molecule has 2 aromatic heterocycles. The van der Waals surface area contributed by atoms with Crippen LogP contribution in [0.25, 0.3) is 11.0 Å². The van der Waals surface area contributed by atoms with Gasteiger partial charge in [0, 0.05) is 24.2 Å². The molecule has 1 unspecified atom stereocenters. The number of anilines is 1. The molecule has 3 aliphatic rings. The number of carbonyl (C=O) groups is 2. The highest BCUT2D eigenvalue weighted by atomic mass is 19.4. The Kier molecular flexibility index (Phi) is 5.61. The van der Waals surface area contributed by atoms with Crippen LogP contribution in [0.1, 0.15) is 37.7 Å². The summed E-state index contributed by atoms with van der Waals surface area (Å²) in [5, 5.41) is 7.63. The van der Waals surface area contributed by atoms with Crippen molar-refractivity contribution in [3.05, 3.63) is 48.3 Å². The zero-order chi connectivity index (χ0) is 25.8. The maximum atomic E-state index is 13.8. The predicted molar refractivity (Wildman–Crippen MR) is 128 cm³/mol. The molecule has 6 rings (SSSR count). The molecule has 1 saturated heterocycles. The average molecular weight is 514 g/mol. The molecule has 1 N–H and O–H groups in total. The third kappa shape index (κ3) is 4.10. The van der Waals surface area contributed by atoms with Gasteiger partial charge in [-0.05, 0) is 49.8 Å². The number of benzene rings is 1. The highest BCUT2D eigenvalue weighted by molar-refractivity contribution is 6.10. The Morgan fingerprint density at radius 3 is 2.70 bits per heavy atom. The molecule has 1 aliphatic carbocycles. The van der Waals surface area contributed by atoms with Gasteiger partial charge in [0.15, 0.2) is 5.65 Å². The van der Waals surface area contributed by atoms with Crippen molar-refractivity contribution in [2.24, 2.45) is 5.92 Å². The van der Waals surface area contributed by atoms with Gasteiger partial charge in [-0.2, -0.15) is 18.3 Å². The number of carbonyl (C=O) groups excluding carboxylic acids is 2. The van der Waals surface area contributed by atoms with Gasteiger partial charge in [-0.1, -0.05) is 18.2 Å². The molecule has 194 valence electrons. The Balaban J connectivity index is 1.16. The van der Waals surface area contributed by atoms with Crippen LogP contribution < -0.4 is 9.64 Å². The minimum Gasteiger partial charge on any atom is -0.489 e. The molecule has 1 spiro atoms. The van der Waals surface area contributed by atoms with Gasteiger partial charge in [0.1, 0.15) is 12.3 Å². The van der Waals surface area contributed by atoms with Crippen molar-refractivity contribution in [2.45, 2.75) is 49.8 Å². The lowest BCUT2D eigenvalue weighted by Gasteiger charge is -2.36. The van der Waals surface area contributed by atoms with E-state index < -0.39 is 23.4 Å². The molecule has 3 aromatic rings. The summed E-state index contributed by atoms with van der Waals surface area (Å²) in [7, 11) is 0. The molecule has 2 aliphatic heterocycles. The fourth-order valence-electron chi connectivity index (χ4n) is 6.00. The van der Waals surface area contributed by atoms with Gasteiger partial charge in [0.25, 0.3) is 0 Å². The molecule has 0 bridgehead atoms. The summed E-state index contributed by atoms with van der Waals surface area (Å²) < 4.78 is 45.5. The molecule has 2 amide bonds. The molecule has 1 atom stereocenters. The summed E-state index contributed by atoms with van der Waals surface area (Å²) in [5.74, 6) is -1.48. The van der Waals surface area contributed by atoms with Crippen LogP contribution in [0.4, 0.5) is 18.9 Å². The Bertz CT molecular complexity index is 1350. The number of nitrogens with one attached hydrogen (secondary N) is 1. The number of hydrogen-bond donors (Lipinski definition) is 1. The standard InChI is InChI=1S/C26H26F3N5O3/c27-26(28,29)17-7-10-33(14-17)22(35)15-34-21-4-2-1-3-20(21)25(24(34)36)8-5-18(6-9-25)37-19-11-16-12-31-32-23(16)30-13-19/h1-4,11-13,17-18H,5-10,14-15H2,(H,30,31,32). The molecule has 4 heterocycles. The molecule has 2 fully saturated rings. The van der Waals surface area contributed by atoms with Crippen molar-refractivity contribution >= 4 is 28.5 Å². The monoisotopic (exact) mass is 513 g/mol. The Hall–Kier alpha value is -3.63. The van der Waals surface area contributed by atoms with Crippen molar-refractivity contribution in [1.82, 2.24) is 20.1 Å². The molecule has 0 radical (unpaired) electrons. The fraction of sp³-hybridized carbons (Fsp3) is 0.462. The Morgan fingerprint density at radius 1 is 1.16 bits per heavy atom. The third-order valence-corrected chi connectivity index (χ3v) is 8.02. The molecule has 11 heteroatoms. The van der Waals surface area contributed by atoms with E-state index in [0.29, 0.717) is 42.8 Å². The van der Waals surface area contributed by atoms with E-state index in [1.54, 1.807) is 12.4 Å². The van der Waals surface area contributed by atoms with Crippen LogP contribution in [-0.4, -0.2) is 63.8 Å². The van der Waals surface area contributed by atoms with E-state index in [1.807, 2.05) is 30.3 Å². The number of amides is 2. The molecule has 1 saturated carbocycles. The van der Waals surface area contributed by atoms with Gasteiger partial charge in [-0.3, -0.25) is 14.7 Å². The highest BCUT2D eigenvalue weighted by Gasteiger charge is 2.53. The third-order valence-electron chi connectivity index (χ3n) is 8.02. The van der Waals surface area contributed by atoms with Crippen LogP contribution in [0.15, 0.2) is 42.7 Å². The number of ether oxygens (including phenoxy) is 1.